The van der Waals surface area contributed by atoms with Gasteiger partial charge in [-0.2, -0.15) is 0 Å². The lowest BCUT2D eigenvalue weighted by molar-refractivity contribution is -0.126. The molecule has 0 aromatic heterocycles. The van der Waals surface area contributed by atoms with Gasteiger partial charge in [0.1, 0.15) is 11.8 Å². The number of unbranched alkanes of at least 4 members (excludes halogenated alkanes) is 1. The number of hydrogen-bond acceptors (Lipinski definition) is 3. The number of fused-ring (bicyclic) bond motifs is 1. The summed E-state index contributed by atoms with van der Waals surface area (Å²) in [5.74, 6) is 0.480. The zero-order valence-corrected chi connectivity index (χ0v) is 17.0. The number of ether oxygens (including phenoxy) is 1. The van der Waals surface area contributed by atoms with Crippen LogP contribution in [0.3, 0.4) is 0 Å². The maximum absolute atomic E-state index is 13.2. The van der Waals surface area contributed by atoms with Crippen molar-refractivity contribution in [3.05, 3.63) is 58.7 Å². The zero-order valence-electron chi connectivity index (χ0n) is 17.0. The first-order valence-corrected chi connectivity index (χ1v) is 9.82. The molecule has 0 spiro atoms. The van der Waals surface area contributed by atoms with Crippen LogP contribution < -0.4 is 15.0 Å². The zero-order chi connectivity index (χ0) is 20.3. The molecule has 2 amide bonds. The lowest BCUT2D eigenvalue weighted by atomic mass is 10.0. The molecular formula is C23H28N2O3. The Morgan fingerprint density at radius 3 is 2.68 bits per heavy atom. The third-order valence-corrected chi connectivity index (χ3v) is 4.97. The van der Waals surface area contributed by atoms with Gasteiger partial charge in [-0.25, -0.2) is 0 Å². The number of hydrogen-bond donors (Lipinski definition) is 1. The van der Waals surface area contributed by atoms with Crippen LogP contribution in [0.15, 0.2) is 36.4 Å². The van der Waals surface area contributed by atoms with E-state index in [-0.39, 0.29) is 11.8 Å². The molecule has 2 aromatic carbocycles. The van der Waals surface area contributed by atoms with Crippen molar-refractivity contribution in [2.45, 2.75) is 53.1 Å². The summed E-state index contributed by atoms with van der Waals surface area (Å²) in [4.78, 5) is 26.7. The number of amides is 2. The summed E-state index contributed by atoms with van der Waals surface area (Å²) >= 11 is 0. The molecule has 1 aliphatic rings. The Labute approximate surface area is 166 Å². The molecule has 5 nitrogen and oxygen atoms in total. The van der Waals surface area contributed by atoms with Crippen LogP contribution in [0, 0.1) is 13.8 Å². The minimum atomic E-state index is -0.640. The third-order valence-electron chi connectivity index (χ3n) is 4.97. The van der Waals surface area contributed by atoms with Gasteiger partial charge < -0.3 is 15.0 Å². The SMILES string of the molecule is CCCCOc1ccccc1CN1C(=O)[C@@H](NC(C)=O)c2cc(C)cc(C)c21. The Bertz CT molecular complexity index is 891. The lowest BCUT2D eigenvalue weighted by Crippen LogP contribution is -2.36. The molecule has 5 heteroatoms. The van der Waals surface area contributed by atoms with E-state index in [1.807, 2.05) is 44.2 Å². The van der Waals surface area contributed by atoms with Gasteiger partial charge in [-0.3, -0.25) is 9.59 Å². The van der Waals surface area contributed by atoms with Crippen molar-refractivity contribution >= 4 is 17.5 Å². The predicted octanol–water partition coefficient (Wildman–Crippen LogP) is 4.21. The summed E-state index contributed by atoms with van der Waals surface area (Å²) in [6.07, 6.45) is 2.06. The molecule has 0 bridgehead atoms. The summed E-state index contributed by atoms with van der Waals surface area (Å²) in [6, 6.07) is 11.3. The van der Waals surface area contributed by atoms with Gasteiger partial charge in [0.15, 0.2) is 0 Å². The number of nitrogens with zero attached hydrogens (tertiary/aromatic N) is 1. The average molecular weight is 380 g/mol. The smallest absolute Gasteiger partial charge is 0.254 e. The Hall–Kier alpha value is -2.82. The molecule has 1 atom stereocenters. The van der Waals surface area contributed by atoms with Gasteiger partial charge in [-0.05, 0) is 31.9 Å². The minimum Gasteiger partial charge on any atom is -0.493 e. The fraction of sp³-hybridized carbons (Fsp3) is 0.391. The summed E-state index contributed by atoms with van der Waals surface area (Å²) in [6.45, 7) is 8.64. The fourth-order valence-electron chi connectivity index (χ4n) is 3.75. The van der Waals surface area contributed by atoms with E-state index in [1.165, 1.54) is 6.92 Å². The monoisotopic (exact) mass is 380 g/mol. The first-order chi connectivity index (χ1) is 13.4. The molecule has 3 rings (SSSR count). The van der Waals surface area contributed by atoms with Crippen molar-refractivity contribution in [1.82, 2.24) is 5.32 Å². The first kappa shape index (κ1) is 19.9. The highest BCUT2D eigenvalue weighted by molar-refractivity contribution is 6.06. The van der Waals surface area contributed by atoms with Gasteiger partial charge in [-0.15, -0.1) is 0 Å². The van der Waals surface area contributed by atoms with E-state index >= 15 is 0 Å². The molecule has 148 valence electrons. The maximum atomic E-state index is 13.2. The highest BCUT2D eigenvalue weighted by Crippen LogP contribution is 2.40. The van der Waals surface area contributed by atoms with Crippen LogP contribution in [0.4, 0.5) is 5.69 Å². The highest BCUT2D eigenvalue weighted by atomic mass is 16.5. The molecule has 0 aliphatic carbocycles. The Morgan fingerprint density at radius 1 is 1.21 bits per heavy atom. The summed E-state index contributed by atoms with van der Waals surface area (Å²) in [7, 11) is 0. The summed E-state index contributed by atoms with van der Waals surface area (Å²) < 4.78 is 5.94. The van der Waals surface area contributed by atoms with E-state index in [9.17, 15) is 9.59 Å². The summed E-state index contributed by atoms with van der Waals surface area (Å²) in [5.41, 5.74) is 4.81. The Morgan fingerprint density at radius 2 is 1.96 bits per heavy atom. The van der Waals surface area contributed by atoms with E-state index in [0.29, 0.717) is 13.2 Å². The predicted molar refractivity (Wildman–Crippen MR) is 111 cm³/mol. The van der Waals surface area contributed by atoms with Crippen LogP contribution >= 0.6 is 0 Å². The van der Waals surface area contributed by atoms with Gasteiger partial charge in [0, 0.05) is 18.1 Å². The number of benzene rings is 2. The quantitative estimate of drug-likeness (QED) is 0.732. The fourth-order valence-corrected chi connectivity index (χ4v) is 3.75. The highest BCUT2D eigenvalue weighted by Gasteiger charge is 2.39. The van der Waals surface area contributed by atoms with Gasteiger partial charge in [0.2, 0.25) is 5.91 Å². The Kier molecular flexibility index (Phi) is 6.02. The molecule has 1 aliphatic heterocycles. The van der Waals surface area contributed by atoms with Gasteiger partial charge >= 0.3 is 0 Å². The van der Waals surface area contributed by atoms with Crippen molar-refractivity contribution < 1.29 is 14.3 Å². The van der Waals surface area contributed by atoms with Crippen LogP contribution in [0.2, 0.25) is 0 Å². The van der Waals surface area contributed by atoms with Crippen LogP contribution in [-0.2, 0) is 16.1 Å². The van der Waals surface area contributed by atoms with Gasteiger partial charge in [0.25, 0.3) is 5.91 Å². The van der Waals surface area contributed by atoms with E-state index in [2.05, 4.69) is 18.3 Å². The molecule has 28 heavy (non-hydrogen) atoms. The maximum Gasteiger partial charge on any atom is 0.254 e. The second kappa shape index (κ2) is 8.46. The third kappa shape index (κ3) is 4.03. The molecule has 0 unspecified atom stereocenters. The van der Waals surface area contributed by atoms with Gasteiger partial charge in [0.05, 0.1) is 18.8 Å². The van der Waals surface area contributed by atoms with Crippen molar-refractivity contribution in [2.24, 2.45) is 0 Å². The molecule has 1 N–H and O–H groups in total. The summed E-state index contributed by atoms with van der Waals surface area (Å²) in [5, 5.41) is 2.81. The second-order valence-corrected chi connectivity index (χ2v) is 7.39. The number of para-hydroxylation sites is 1. The second-order valence-electron chi connectivity index (χ2n) is 7.39. The van der Waals surface area contributed by atoms with E-state index < -0.39 is 6.04 Å². The first-order valence-electron chi connectivity index (χ1n) is 9.82. The van der Waals surface area contributed by atoms with Crippen molar-refractivity contribution in [2.75, 3.05) is 11.5 Å². The number of rotatable bonds is 7. The van der Waals surface area contributed by atoms with E-state index in [1.54, 1.807) is 4.90 Å². The number of carbonyl (C=O) groups excluding carboxylic acids is 2. The van der Waals surface area contributed by atoms with Crippen molar-refractivity contribution in [3.8, 4) is 5.75 Å². The standard InChI is InChI=1S/C23H28N2O3/c1-5-6-11-28-20-10-8-7-9-18(20)14-25-22-16(3)12-15(2)13-19(22)21(23(25)27)24-17(4)26/h7-10,12-13,21H,5-6,11,14H2,1-4H3,(H,24,26)/t21-/m0/s1. The van der Waals surface area contributed by atoms with Crippen LogP contribution in [0.25, 0.3) is 0 Å². The van der Waals surface area contributed by atoms with Crippen LogP contribution in [-0.4, -0.2) is 18.4 Å². The molecule has 0 saturated carbocycles. The number of anilines is 1. The molecule has 2 aromatic rings. The van der Waals surface area contributed by atoms with E-state index in [0.717, 1.165) is 46.5 Å². The van der Waals surface area contributed by atoms with Gasteiger partial charge in [-0.1, -0.05) is 49.2 Å². The molecular weight excluding hydrogens is 352 g/mol. The largest absolute Gasteiger partial charge is 0.493 e. The lowest BCUT2D eigenvalue weighted by Gasteiger charge is -2.21. The topological polar surface area (TPSA) is 58.6 Å². The number of nitrogens with one attached hydrogen (secondary N) is 1. The molecule has 0 fully saturated rings. The molecule has 0 radical (unpaired) electrons. The van der Waals surface area contributed by atoms with Crippen molar-refractivity contribution in [1.29, 1.82) is 0 Å². The normalized spacial score (nSPS) is 15.5. The van der Waals surface area contributed by atoms with Crippen LogP contribution in [0.5, 0.6) is 5.75 Å². The number of aryl methyl sites for hydroxylation is 2. The molecule has 1 heterocycles. The minimum absolute atomic E-state index is 0.109. The Balaban J connectivity index is 1.96. The van der Waals surface area contributed by atoms with E-state index in [4.69, 9.17) is 4.74 Å². The number of carbonyl (C=O) groups is 2. The van der Waals surface area contributed by atoms with Crippen molar-refractivity contribution in [3.63, 3.8) is 0 Å². The van der Waals surface area contributed by atoms with Crippen LogP contribution in [0.1, 0.15) is 55.0 Å². The molecule has 0 saturated heterocycles. The average Bonchev–Trinajstić information content (AvgIpc) is 2.88.